The lowest BCUT2D eigenvalue weighted by Gasteiger charge is -1.95. The monoisotopic (exact) mass is 281 g/mol. The summed E-state index contributed by atoms with van der Waals surface area (Å²) in [6.45, 7) is 0. The molecule has 0 aliphatic rings. The van der Waals surface area contributed by atoms with Gasteiger partial charge in [0.15, 0.2) is 0 Å². The molecule has 19 heavy (non-hydrogen) atoms. The first-order valence-electron chi connectivity index (χ1n) is 5.23. The molecule has 0 spiro atoms. The molecular weight excluding hydrogens is 266 g/mol. The molecule has 0 bridgehead atoms. The average Bonchev–Trinajstić information content (AvgIpc) is 2.33. The zero-order chi connectivity index (χ0) is 14.5. The van der Waals surface area contributed by atoms with Crippen molar-refractivity contribution in [3.8, 4) is 0 Å². The predicted molar refractivity (Wildman–Crippen MR) is 75.9 cm³/mol. The maximum atomic E-state index is 10.5. The summed E-state index contributed by atoms with van der Waals surface area (Å²) in [5, 5.41) is 0. The van der Waals surface area contributed by atoms with E-state index in [1.54, 1.807) is 24.3 Å². The molecule has 0 aliphatic heterocycles. The number of hydrogen-bond donors (Lipinski definition) is 4. The molecule has 7 N–H and O–H groups in total. The number of nitrogen functional groups attached to an aromatic ring is 3. The third-order valence-electron chi connectivity index (χ3n) is 2.11. The molecule has 0 saturated heterocycles. The molecule has 0 atom stereocenters. The molecule has 0 unspecified atom stereocenters. The van der Waals surface area contributed by atoms with Crippen molar-refractivity contribution in [2.24, 2.45) is 0 Å². The molecular formula is C12H15N3O3S. The van der Waals surface area contributed by atoms with Crippen LogP contribution < -0.4 is 17.2 Å². The van der Waals surface area contributed by atoms with Crippen molar-refractivity contribution >= 4 is 27.2 Å². The number of benzene rings is 2. The van der Waals surface area contributed by atoms with Crippen LogP contribution in [0.5, 0.6) is 0 Å². The van der Waals surface area contributed by atoms with Crippen molar-refractivity contribution in [3.63, 3.8) is 0 Å². The second-order valence-electron chi connectivity index (χ2n) is 3.71. The molecule has 2 rings (SSSR count). The predicted octanol–water partition coefficient (Wildman–Crippen LogP) is 1.37. The lowest BCUT2D eigenvalue weighted by molar-refractivity contribution is 0.483. The van der Waals surface area contributed by atoms with Crippen LogP contribution in [-0.4, -0.2) is 13.0 Å². The molecule has 0 fully saturated rings. The van der Waals surface area contributed by atoms with Crippen LogP contribution >= 0.6 is 0 Å². The Labute approximate surface area is 111 Å². The van der Waals surface area contributed by atoms with Gasteiger partial charge < -0.3 is 17.2 Å². The summed E-state index contributed by atoms with van der Waals surface area (Å²) >= 11 is 0. The van der Waals surface area contributed by atoms with Crippen molar-refractivity contribution in [3.05, 3.63) is 48.5 Å². The largest absolute Gasteiger partial charge is 0.399 e. The van der Waals surface area contributed by atoms with Gasteiger partial charge in [-0.05, 0) is 48.5 Å². The third-order valence-corrected chi connectivity index (χ3v) is 2.98. The Morgan fingerprint density at radius 1 is 0.684 bits per heavy atom. The summed E-state index contributed by atoms with van der Waals surface area (Å²) in [4.78, 5) is -0.147. The van der Waals surface area contributed by atoms with Gasteiger partial charge in [-0.25, -0.2) is 0 Å². The molecule has 0 radical (unpaired) electrons. The Kier molecular flexibility index (Phi) is 4.74. The van der Waals surface area contributed by atoms with Gasteiger partial charge in [-0.15, -0.1) is 0 Å². The van der Waals surface area contributed by atoms with Gasteiger partial charge in [-0.3, -0.25) is 4.55 Å². The molecule has 0 saturated carbocycles. The van der Waals surface area contributed by atoms with Gasteiger partial charge in [0.1, 0.15) is 0 Å². The molecule has 2 aromatic rings. The Bertz CT molecular complexity index is 601. The fraction of sp³-hybridized carbons (Fsp3) is 0. The van der Waals surface area contributed by atoms with Gasteiger partial charge in [0, 0.05) is 17.1 Å². The SMILES string of the molecule is Nc1ccc(N)cc1.Nc1ccc(S(=O)(=O)O)cc1. The Balaban J connectivity index is 0.000000200. The van der Waals surface area contributed by atoms with Gasteiger partial charge >= 0.3 is 0 Å². The van der Waals surface area contributed by atoms with Gasteiger partial charge in [-0.1, -0.05) is 0 Å². The van der Waals surface area contributed by atoms with E-state index in [0.29, 0.717) is 5.69 Å². The molecule has 7 heteroatoms. The fourth-order valence-corrected chi connectivity index (χ4v) is 1.62. The standard InChI is InChI=1S/C6H8N2.C6H7NO3S/c7-5-1-2-6(8)4-3-5;7-5-1-3-6(4-2-5)11(8,9)10/h1-4H,7-8H2;1-4H,7H2,(H,8,9,10). The first-order chi connectivity index (χ1) is 8.79. The number of hydrogen-bond acceptors (Lipinski definition) is 5. The highest BCUT2D eigenvalue weighted by atomic mass is 32.2. The highest BCUT2D eigenvalue weighted by Gasteiger charge is 2.06. The van der Waals surface area contributed by atoms with Crippen molar-refractivity contribution in [1.82, 2.24) is 0 Å². The first-order valence-corrected chi connectivity index (χ1v) is 6.67. The summed E-state index contributed by atoms with van der Waals surface area (Å²) in [7, 11) is -4.08. The lowest BCUT2D eigenvalue weighted by Crippen LogP contribution is -1.97. The normalized spacial score (nSPS) is 10.4. The van der Waals surface area contributed by atoms with Gasteiger partial charge in [0.25, 0.3) is 10.1 Å². The van der Waals surface area contributed by atoms with Crippen LogP contribution in [0.15, 0.2) is 53.4 Å². The maximum Gasteiger partial charge on any atom is 0.294 e. The Morgan fingerprint density at radius 3 is 1.21 bits per heavy atom. The zero-order valence-corrected chi connectivity index (χ0v) is 10.8. The average molecular weight is 281 g/mol. The van der Waals surface area contributed by atoms with E-state index in [-0.39, 0.29) is 4.90 Å². The third kappa shape index (κ3) is 5.28. The smallest absolute Gasteiger partial charge is 0.294 e. The van der Waals surface area contributed by atoms with E-state index >= 15 is 0 Å². The van der Waals surface area contributed by atoms with E-state index in [1.165, 1.54) is 24.3 Å². The van der Waals surface area contributed by atoms with E-state index in [1.807, 2.05) is 0 Å². The van der Waals surface area contributed by atoms with E-state index in [2.05, 4.69) is 0 Å². The van der Waals surface area contributed by atoms with E-state index in [9.17, 15) is 8.42 Å². The second-order valence-corrected chi connectivity index (χ2v) is 5.13. The van der Waals surface area contributed by atoms with Crippen LogP contribution in [0, 0.1) is 0 Å². The van der Waals surface area contributed by atoms with Crippen LogP contribution in [0.1, 0.15) is 0 Å². The van der Waals surface area contributed by atoms with Crippen LogP contribution in [-0.2, 0) is 10.1 Å². The summed E-state index contributed by atoms with van der Waals surface area (Å²) in [6.07, 6.45) is 0. The first kappa shape index (κ1) is 14.8. The summed E-state index contributed by atoms with van der Waals surface area (Å²) < 4.78 is 29.4. The molecule has 2 aromatic carbocycles. The van der Waals surface area contributed by atoms with E-state index < -0.39 is 10.1 Å². The van der Waals surface area contributed by atoms with Crippen LogP contribution in [0.2, 0.25) is 0 Å². The molecule has 0 amide bonds. The quantitative estimate of drug-likeness (QED) is 0.461. The highest BCUT2D eigenvalue weighted by molar-refractivity contribution is 7.85. The maximum absolute atomic E-state index is 10.5. The lowest BCUT2D eigenvalue weighted by atomic mass is 10.3. The van der Waals surface area contributed by atoms with Crippen molar-refractivity contribution in [1.29, 1.82) is 0 Å². The number of nitrogens with two attached hydrogens (primary N) is 3. The molecule has 6 nitrogen and oxygen atoms in total. The van der Waals surface area contributed by atoms with Crippen molar-refractivity contribution < 1.29 is 13.0 Å². The molecule has 0 aromatic heterocycles. The molecule has 0 aliphatic carbocycles. The van der Waals surface area contributed by atoms with Crippen LogP contribution in [0.3, 0.4) is 0 Å². The highest BCUT2D eigenvalue weighted by Crippen LogP contribution is 2.10. The Hall–Kier alpha value is -2.25. The van der Waals surface area contributed by atoms with Gasteiger partial charge in [0.05, 0.1) is 4.90 Å². The van der Waals surface area contributed by atoms with E-state index in [0.717, 1.165) is 11.4 Å². The molecule has 0 heterocycles. The van der Waals surface area contributed by atoms with E-state index in [4.69, 9.17) is 21.8 Å². The molecule has 102 valence electrons. The minimum atomic E-state index is -4.08. The van der Waals surface area contributed by atoms with Crippen molar-refractivity contribution in [2.75, 3.05) is 17.2 Å². The van der Waals surface area contributed by atoms with Gasteiger partial charge in [0.2, 0.25) is 0 Å². The topological polar surface area (TPSA) is 132 Å². The minimum absolute atomic E-state index is 0.147. The van der Waals surface area contributed by atoms with Gasteiger partial charge in [-0.2, -0.15) is 8.42 Å². The van der Waals surface area contributed by atoms with Crippen molar-refractivity contribution in [2.45, 2.75) is 4.90 Å². The minimum Gasteiger partial charge on any atom is -0.399 e. The van der Waals surface area contributed by atoms with Crippen LogP contribution in [0.25, 0.3) is 0 Å². The van der Waals surface area contributed by atoms with Crippen LogP contribution in [0.4, 0.5) is 17.1 Å². The number of rotatable bonds is 1. The fourth-order valence-electron chi connectivity index (χ4n) is 1.14. The summed E-state index contributed by atoms with van der Waals surface area (Å²) in [6, 6.07) is 12.4. The zero-order valence-electron chi connectivity index (χ0n) is 10.0. The second kappa shape index (κ2) is 6.07. The Morgan fingerprint density at radius 2 is 0.947 bits per heavy atom. The summed E-state index contributed by atoms with van der Waals surface area (Å²) in [5.74, 6) is 0. The number of anilines is 3. The summed E-state index contributed by atoms with van der Waals surface area (Å²) in [5.41, 5.74) is 18.0.